The van der Waals surface area contributed by atoms with Crippen LogP contribution in [0.25, 0.3) is 5.69 Å². The minimum absolute atomic E-state index is 0.289. The van der Waals surface area contributed by atoms with Gasteiger partial charge in [-0.05, 0) is 55.5 Å². The topological polar surface area (TPSA) is 86.1 Å². The zero-order valence-electron chi connectivity index (χ0n) is 20.4. The number of hydrogen-bond acceptors (Lipinski definition) is 7. The molecule has 10 heteroatoms. The van der Waals surface area contributed by atoms with E-state index in [1.807, 2.05) is 18.2 Å². The lowest BCUT2D eigenvalue weighted by atomic mass is 10.0. The first kappa shape index (κ1) is 23.7. The number of imidazole rings is 1. The molecule has 2 aromatic heterocycles. The van der Waals surface area contributed by atoms with Gasteiger partial charge in [0.25, 0.3) is 0 Å². The van der Waals surface area contributed by atoms with Crippen LogP contribution < -0.4 is 15.4 Å². The Bertz CT molecular complexity index is 1440. The quantitative estimate of drug-likeness (QED) is 0.293. The Labute approximate surface area is 218 Å². The van der Waals surface area contributed by atoms with Gasteiger partial charge in [0.05, 0.1) is 25.1 Å². The van der Waals surface area contributed by atoms with Crippen molar-refractivity contribution in [2.75, 3.05) is 17.7 Å². The van der Waals surface area contributed by atoms with Crippen LogP contribution in [0.5, 0.6) is 5.75 Å². The lowest BCUT2D eigenvalue weighted by Gasteiger charge is -2.18. The molecule has 2 aliphatic rings. The Morgan fingerprint density at radius 1 is 1.16 bits per heavy atom. The average molecular weight is 521 g/mol. The van der Waals surface area contributed by atoms with Crippen molar-refractivity contribution in [1.29, 1.82) is 0 Å². The highest BCUT2D eigenvalue weighted by atomic mass is 35.5. The van der Waals surface area contributed by atoms with Crippen LogP contribution in [0.15, 0.2) is 55.0 Å². The molecule has 0 bridgehead atoms. The number of fused-ring (bicyclic) bond motifs is 1. The Morgan fingerprint density at radius 3 is 2.68 bits per heavy atom. The maximum atomic E-state index is 13.6. The number of anilines is 3. The van der Waals surface area contributed by atoms with Crippen LogP contribution >= 0.6 is 11.6 Å². The molecule has 8 nitrogen and oxygen atoms in total. The lowest BCUT2D eigenvalue weighted by molar-refractivity contribution is 0.0924. The van der Waals surface area contributed by atoms with Crippen LogP contribution in [0.1, 0.15) is 42.7 Å². The van der Waals surface area contributed by atoms with E-state index in [0.717, 1.165) is 34.0 Å². The first-order valence-electron chi connectivity index (χ1n) is 12.2. The van der Waals surface area contributed by atoms with E-state index in [9.17, 15) is 4.39 Å². The number of ether oxygens (including phenoxy) is 2. The second-order valence-corrected chi connectivity index (χ2v) is 9.78. The highest BCUT2D eigenvalue weighted by Gasteiger charge is 2.33. The van der Waals surface area contributed by atoms with E-state index >= 15 is 0 Å². The van der Waals surface area contributed by atoms with E-state index in [1.165, 1.54) is 25.0 Å². The summed E-state index contributed by atoms with van der Waals surface area (Å²) in [5.41, 5.74) is 4.09. The molecule has 2 N–H and O–H groups in total. The van der Waals surface area contributed by atoms with Crippen molar-refractivity contribution in [2.45, 2.75) is 38.5 Å². The summed E-state index contributed by atoms with van der Waals surface area (Å²) in [6, 6.07) is 12.3. The van der Waals surface area contributed by atoms with E-state index in [1.54, 1.807) is 36.3 Å². The van der Waals surface area contributed by atoms with E-state index in [4.69, 9.17) is 31.0 Å². The zero-order chi connectivity index (χ0) is 25.5. The van der Waals surface area contributed by atoms with Gasteiger partial charge in [0.15, 0.2) is 0 Å². The standard InChI is InChI=1S/C27H26ClFN6O2/c1-15(16-3-4-16)31-26-20-13-37-25(17-5-7-18(29)8-6-17)24(20)33-27(34-26)32-19-9-10-21(22(11-19)36-2)35-12-23(28)30-14-35/h5-12,14-16,25H,3-4,13H2,1-2H3,(H2,31,32,33,34)/t15-,25?/m1/s1. The van der Waals surface area contributed by atoms with E-state index in [-0.39, 0.29) is 11.9 Å². The van der Waals surface area contributed by atoms with Gasteiger partial charge in [0, 0.05) is 29.6 Å². The molecule has 190 valence electrons. The molecule has 1 aliphatic carbocycles. The predicted octanol–water partition coefficient (Wildman–Crippen LogP) is 6.04. The number of hydrogen-bond donors (Lipinski definition) is 2. The molecule has 0 saturated heterocycles. The molecule has 1 saturated carbocycles. The fourth-order valence-corrected chi connectivity index (χ4v) is 4.78. The summed E-state index contributed by atoms with van der Waals surface area (Å²) >= 11 is 5.99. The maximum Gasteiger partial charge on any atom is 0.229 e. The van der Waals surface area contributed by atoms with E-state index in [0.29, 0.717) is 29.4 Å². The lowest BCUT2D eigenvalue weighted by Crippen LogP contribution is -2.20. The molecule has 1 aliphatic heterocycles. The Kier molecular flexibility index (Phi) is 6.18. The SMILES string of the molecule is COc1cc(Nc2nc(N[C@H](C)C3CC3)c3c(n2)C(c2ccc(F)cc2)OC3)ccc1-n1cnc(Cl)c1. The van der Waals surface area contributed by atoms with Gasteiger partial charge >= 0.3 is 0 Å². The molecular weight excluding hydrogens is 495 g/mol. The molecule has 0 radical (unpaired) electrons. The summed E-state index contributed by atoms with van der Waals surface area (Å²) in [5.74, 6) is 2.18. The van der Waals surface area contributed by atoms with Gasteiger partial charge in [0.1, 0.15) is 35.0 Å². The third kappa shape index (κ3) is 4.84. The van der Waals surface area contributed by atoms with E-state index in [2.05, 4.69) is 22.5 Å². The van der Waals surface area contributed by atoms with Crippen molar-refractivity contribution in [3.63, 3.8) is 0 Å². The van der Waals surface area contributed by atoms with Crippen molar-refractivity contribution < 1.29 is 13.9 Å². The van der Waals surface area contributed by atoms with Crippen LogP contribution in [0.3, 0.4) is 0 Å². The Morgan fingerprint density at radius 2 is 1.97 bits per heavy atom. The van der Waals surface area contributed by atoms with Gasteiger partial charge in [-0.3, -0.25) is 0 Å². The summed E-state index contributed by atoms with van der Waals surface area (Å²) in [4.78, 5) is 13.7. The van der Waals surface area contributed by atoms with Gasteiger partial charge in [-0.15, -0.1) is 0 Å². The van der Waals surface area contributed by atoms with Crippen molar-refractivity contribution in [3.05, 3.63) is 82.8 Å². The number of benzene rings is 2. The van der Waals surface area contributed by atoms with Crippen LogP contribution in [0.4, 0.5) is 21.8 Å². The highest BCUT2D eigenvalue weighted by Crippen LogP contribution is 2.40. The third-order valence-corrected chi connectivity index (χ3v) is 7.01. The molecule has 1 unspecified atom stereocenters. The van der Waals surface area contributed by atoms with Crippen LogP contribution in [0, 0.1) is 11.7 Å². The van der Waals surface area contributed by atoms with Gasteiger partial charge < -0.3 is 24.7 Å². The first-order valence-corrected chi connectivity index (χ1v) is 12.6. The number of rotatable bonds is 8. The number of aromatic nitrogens is 4. The Balaban J connectivity index is 1.35. The number of halogens is 2. The van der Waals surface area contributed by atoms with E-state index < -0.39 is 6.10 Å². The molecule has 2 aromatic carbocycles. The molecule has 2 atom stereocenters. The van der Waals surface area contributed by atoms with Gasteiger partial charge in [-0.25, -0.2) is 14.4 Å². The fraction of sp³-hybridized carbons (Fsp3) is 0.296. The molecule has 6 rings (SSSR count). The molecule has 0 amide bonds. The van der Waals surface area contributed by atoms with Gasteiger partial charge in [-0.2, -0.15) is 4.98 Å². The van der Waals surface area contributed by atoms with Crippen molar-refractivity contribution in [3.8, 4) is 11.4 Å². The summed E-state index contributed by atoms with van der Waals surface area (Å²) in [6.45, 7) is 2.56. The minimum Gasteiger partial charge on any atom is -0.494 e. The molecule has 4 aromatic rings. The molecule has 0 spiro atoms. The second-order valence-electron chi connectivity index (χ2n) is 9.39. The third-order valence-electron chi connectivity index (χ3n) is 6.81. The zero-order valence-corrected chi connectivity index (χ0v) is 21.2. The monoisotopic (exact) mass is 520 g/mol. The van der Waals surface area contributed by atoms with Crippen LogP contribution in [0.2, 0.25) is 5.15 Å². The molecular formula is C27H26ClFN6O2. The first-order chi connectivity index (χ1) is 18.0. The van der Waals surface area contributed by atoms with Crippen molar-refractivity contribution in [2.24, 2.45) is 5.92 Å². The largest absolute Gasteiger partial charge is 0.494 e. The molecule has 37 heavy (non-hydrogen) atoms. The maximum absolute atomic E-state index is 13.6. The average Bonchev–Trinajstić information content (AvgIpc) is 3.53. The minimum atomic E-state index is -0.404. The molecule has 3 heterocycles. The summed E-state index contributed by atoms with van der Waals surface area (Å²) in [5, 5.41) is 7.31. The van der Waals surface area contributed by atoms with Crippen LogP contribution in [-0.4, -0.2) is 32.7 Å². The smallest absolute Gasteiger partial charge is 0.229 e. The summed E-state index contributed by atoms with van der Waals surface area (Å²) < 4.78 is 27.1. The summed E-state index contributed by atoms with van der Waals surface area (Å²) in [6.07, 6.45) is 5.38. The Hall–Kier alpha value is -3.69. The number of nitrogens with one attached hydrogen (secondary N) is 2. The number of methoxy groups -OCH3 is 1. The van der Waals surface area contributed by atoms with Crippen molar-refractivity contribution >= 4 is 29.1 Å². The number of nitrogens with zero attached hydrogens (tertiary/aromatic N) is 4. The highest BCUT2D eigenvalue weighted by molar-refractivity contribution is 6.29. The van der Waals surface area contributed by atoms with Gasteiger partial charge in [-0.1, -0.05) is 23.7 Å². The predicted molar refractivity (Wildman–Crippen MR) is 139 cm³/mol. The molecule has 1 fully saturated rings. The second kappa shape index (κ2) is 9.64. The fourth-order valence-electron chi connectivity index (χ4n) is 4.63. The summed E-state index contributed by atoms with van der Waals surface area (Å²) in [7, 11) is 1.61. The van der Waals surface area contributed by atoms with Crippen LogP contribution in [-0.2, 0) is 11.3 Å². The normalized spacial score (nSPS) is 17.4. The van der Waals surface area contributed by atoms with Gasteiger partial charge in [0.2, 0.25) is 5.95 Å². The van der Waals surface area contributed by atoms with Crippen molar-refractivity contribution in [1.82, 2.24) is 19.5 Å².